The summed E-state index contributed by atoms with van der Waals surface area (Å²) in [7, 11) is 0. The zero-order valence-electron chi connectivity index (χ0n) is 14.4. The minimum Gasteiger partial charge on any atom is -0.482 e. The van der Waals surface area contributed by atoms with Crippen molar-refractivity contribution in [3.05, 3.63) is 59.7 Å². The molecule has 0 radical (unpaired) electrons. The number of hydrogen-bond donors (Lipinski definition) is 2. The van der Waals surface area contributed by atoms with Crippen molar-refractivity contribution < 1.29 is 19.4 Å². The minimum atomic E-state index is -1.02. The van der Waals surface area contributed by atoms with Crippen LogP contribution in [-0.4, -0.2) is 23.6 Å². The van der Waals surface area contributed by atoms with E-state index in [4.69, 9.17) is 9.84 Å². The molecule has 26 heavy (non-hydrogen) atoms. The largest absolute Gasteiger partial charge is 0.482 e. The Morgan fingerprint density at radius 2 is 1.92 bits per heavy atom. The van der Waals surface area contributed by atoms with Gasteiger partial charge in [0, 0.05) is 17.0 Å². The van der Waals surface area contributed by atoms with Gasteiger partial charge in [-0.1, -0.05) is 24.3 Å². The lowest BCUT2D eigenvalue weighted by Gasteiger charge is -2.26. The van der Waals surface area contributed by atoms with Crippen molar-refractivity contribution in [2.45, 2.75) is 31.1 Å². The van der Waals surface area contributed by atoms with E-state index in [1.54, 1.807) is 24.3 Å². The van der Waals surface area contributed by atoms with Crippen molar-refractivity contribution >= 4 is 17.6 Å². The number of carboxylic acids is 1. The first-order valence-corrected chi connectivity index (χ1v) is 8.92. The molecule has 2 aliphatic rings. The Morgan fingerprint density at radius 1 is 1.15 bits per heavy atom. The average Bonchev–Trinajstić information content (AvgIpc) is 3.36. The molecule has 134 valence electrons. The molecule has 1 spiro atoms. The van der Waals surface area contributed by atoms with Crippen LogP contribution >= 0.6 is 0 Å². The molecule has 2 unspecified atom stereocenters. The van der Waals surface area contributed by atoms with E-state index >= 15 is 0 Å². The van der Waals surface area contributed by atoms with Crippen LogP contribution in [0.25, 0.3) is 0 Å². The number of anilines is 1. The molecule has 4 rings (SSSR count). The highest BCUT2D eigenvalue weighted by atomic mass is 16.5. The third-order valence-electron chi connectivity index (χ3n) is 5.50. The highest BCUT2D eigenvalue weighted by Gasteiger charge is 2.60. The molecule has 0 heterocycles. The van der Waals surface area contributed by atoms with Gasteiger partial charge in [-0.15, -0.1) is 0 Å². The second-order valence-electron chi connectivity index (χ2n) is 7.12. The van der Waals surface area contributed by atoms with Gasteiger partial charge in [0.1, 0.15) is 5.75 Å². The normalized spacial score (nSPS) is 23.2. The van der Waals surface area contributed by atoms with E-state index in [2.05, 4.69) is 29.6 Å². The molecule has 2 atom stereocenters. The number of carboxylic acid groups (broad SMARTS) is 1. The number of benzene rings is 2. The van der Waals surface area contributed by atoms with Crippen molar-refractivity contribution in [2.75, 3.05) is 11.9 Å². The Morgan fingerprint density at radius 3 is 2.69 bits per heavy atom. The molecule has 2 aromatic rings. The van der Waals surface area contributed by atoms with E-state index in [1.165, 1.54) is 11.1 Å². The minimum absolute atomic E-state index is 0.0173. The Balaban J connectivity index is 1.42. The first-order valence-electron chi connectivity index (χ1n) is 8.92. The molecule has 1 saturated carbocycles. The van der Waals surface area contributed by atoms with Gasteiger partial charge < -0.3 is 15.2 Å². The Hall–Kier alpha value is -2.82. The van der Waals surface area contributed by atoms with E-state index in [0.29, 0.717) is 11.4 Å². The van der Waals surface area contributed by atoms with Crippen LogP contribution in [0.5, 0.6) is 5.75 Å². The molecular formula is C21H21NO4. The summed E-state index contributed by atoms with van der Waals surface area (Å²) in [4.78, 5) is 23.3. The number of rotatable bonds is 5. The molecule has 0 bridgehead atoms. The van der Waals surface area contributed by atoms with Crippen molar-refractivity contribution in [3.8, 4) is 5.75 Å². The van der Waals surface area contributed by atoms with Crippen LogP contribution in [-0.2, 0) is 21.4 Å². The van der Waals surface area contributed by atoms with Crippen LogP contribution in [0, 0.1) is 5.92 Å². The zero-order valence-corrected chi connectivity index (χ0v) is 14.4. The number of carbonyl (C=O) groups excluding carboxylic acids is 1. The molecule has 0 saturated heterocycles. The number of ether oxygens (including phenoxy) is 1. The van der Waals surface area contributed by atoms with Crippen molar-refractivity contribution in [1.29, 1.82) is 0 Å². The first kappa shape index (κ1) is 16.6. The maximum atomic E-state index is 12.7. The number of aliphatic carboxylic acids is 1. The standard InChI is InChI=1S/C21H21NO4/c23-19(24)13-26-16-9-7-15(8-10-16)22-20(25)18-12-21(18)11-3-5-14-4-1-2-6-17(14)21/h1-2,4,6-10,18H,3,5,11-13H2,(H,22,25)(H,23,24). The van der Waals surface area contributed by atoms with Gasteiger partial charge in [-0.25, -0.2) is 4.79 Å². The first-order chi connectivity index (χ1) is 12.6. The number of amides is 1. The van der Waals surface area contributed by atoms with Crippen LogP contribution in [0.15, 0.2) is 48.5 Å². The van der Waals surface area contributed by atoms with Crippen molar-refractivity contribution in [2.24, 2.45) is 5.92 Å². The summed E-state index contributed by atoms with van der Waals surface area (Å²) in [5.41, 5.74) is 3.45. The van der Waals surface area contributed by atoms with Crippen molar-refractivity contribution in [1.82, 2.24) is 0 Å². The van der Waals surface area contributed by atoms with E-state index in [0.717, 1.165) is 25.7 Å². The second-order valence-corrected chi connectivity index (χ2v) is 7.12. The molecule has 5 nitrogen and oxygen atoms in total. The summed E-state index contributed by atoms with van der Waals surface area (Å²) < 4.78 is 5.10. The van der Waals surface area contributed by atoms with Crippen LogP contribution in [0.1, 0.15) is 30.4 Å². The van der Waals surface area contributed by atoms with E-state index in [1.807, 2.05) is 0 Å². The maximum absolute atomic E-state index is 12.7. The van der Waals surface area contributed by atoms with Gasteiger partial charge in [-0.2, -0.15) is 0 Å². The van der Waals surface area contributed by atoms with Gasteiger partial charge in [0.25, 0.3) is 0 Å². The average molecular weight is 351 g/mol. The van der Waals surface area contributed by atoms with Gasteiger partial charge in [0.05, 0.1) is 0 Å². The fraction of sp³-hybridized carbons (Fsp3) is 0.333. The van der Waals surface area contributed by atoms with Crippen LogP contribution in [0.3, 0.4) is 0 Å². The summed E-state index contributed by atoms with van der Waals surface area (Å²) in [6.07, 6.45) is 4.22. The van der Waals surface area contributed by atoms with Gasteiger partial charge in [0.2, 0.25) is 5.91 Å². The SMILES string of the molecule is O=C(O)COc1ccc(NC(=O)C2CC23CCCc2ccccc23)cc1. The van der Waals surface area contributed by atoms with Gasteiger partial charge in [0.15, 0.2) is 6.61 Å². The molecule has 2 N–H and O–H groups in total. The Labute approximate surface area is 152 Å². The molecule has 0 aromatic heterocycles. The quantitative estimate of drug-likeness (QED) is 0.866. The van der Waals surface area contributed by atoms with E-state index < -0.39 is 5.97 Å². The number of aryl methyl sites for hydroxylation is 1. The lowest BCUT2D eigenvalue weighted by Crippen LogP contribution is -2.24. The molecular weight excluding hydrogens is 330 g/mol. The van der Waals surface area contributed by atoms with Crippen LogP contribution in [0.4, 0.5) is 5.69 Å². The maximum Gasteiger partial charge on any atom is 0.341 e. The zero-order chi connectivity index (χ0) is 18.1. The Kier molecular flexibility index (Phi) is 4.15. The lowest BCUT2D eigenvalue weighted by atomic mass is 9.78. The smallest absolute Gasteiger partial charge is 0.341 e. The van der Waals surface area contributed by atoms with Crippen LogP contribution < -0.4 is 10.1 Å². The highest BCUT2D eigenvalue weighted by Crippen LogP contribution is 2.60. The number of hydrogen-bond acceptors (Lipinski definition) is 3. The molecule has 1 amide bonds. The number of carbonyl (C=O) groups is 2. The number of fused-ring (bicyclic) bond motifs is 2. The lowest BCUT2D eigenvalue weighted by molar-refractivity contribution is -0.139. The molecule has 2 aromatic carbocycles. The summed E-state index contributed by atoms with van der Waals surface area (Å²) in [5.74, 6) is -0.475. The van der Waals surface area contributed by atoms with E-state index in [9.17, 15) is 9.59 Å². The predicted molar refractivity (Wildman–Crippen MR) is 97.4 cm³/mol. The van der Waals surface area contributed by atoms with Gasteiger partial charge in [-0.05, 0) is 61.1 Å². The fourth-order valence-electron chi connectivity index (χ4n) is 4.18. The third-order valence-corrected chi connectivity index (χ3v) is 5.50. The van der Waals surface area contributed by atoms with E-state index in [-0.39, 0.29) is 23.8 Å². The molecule has 2 aliphatic carbocycles. The topological polar surface area (TPSA) is 75.6 Å². The van der Waals surface area contributed by atoms with Crippen LogP contribution in [0.2, 0.25) is 0 Å². The third kappa shape index (κ3) is 3.05. The summed E-state index contributed by atoms with van der Waals surface area (Å²) in [6.45, 7) is -0.379. The summed E-state index contributed by atoms with van der Waals surface area (Å²) in [5, 5.41) is 11.6. The van der Waals surface area contributed by atoms with Crippen molar-refractivity contribution in [3.63, 3.8) is 0 Å². The fourth-order valence-corrected chi connectivity index (χ4v) is 4.18. The van der Waals surface area contributed by atoms with Gasteiger partial charge >= 0.3 is 5.97 Å². The molecule has 1 fully saturated rings. The predicted octanol–water partition coefficient (Wildman–Crippen LogP) is 3.38. The highest BCUT2D eigenvalue weighted by molar-refractivity contribution is 5.96. The summed E-state index contributed by atoms with van der Waals surface area (Å²) in [6, 6.07) is 15.3. The summed E-state index contributed by atoms with van der Waals surface area (Å²) >= 11 is 0. The van der Waals surface area contributed by atoms with Gasteiger partial charge in [-0.3, -0.25) is 4.79 Å². The second kappa shape index (κ2) is 6.48. The molecule has 0 aliphatic heterocycles. The Bertz CT molecular complexity index is 845. The monoisotopic (exact) mass is 351 g/mol. The molecule has 5 heteroatoms. The number of nitrogens with one attached hydrogen (secondary N) is 1.